The number of sulfonamides is 1. The van der Waals surface area contributed by atoms with Crippen LogP contribution in [-0.2, 0) is 15.8 Å². The number of piperazine rings is 1. The third kappa shape index (κ3) is 3.66. The number of hydrogen-bond acceptors (Lipinski definition) is 3. The van der Waals surface area contributed by atoms with E-state index in [1.807, 2.05) is 42.3 Å². The second-order valence-corrected chi connectivity index (χ2v) is 8.09. The second kappa shape index (κ2) is 7.01. The summed E-state index contributed by atoms with van der Waals surface area (Å²) in [7, 11) is -1.53. The van der Waals surface area contributed by atoms with Crippen molar-refractivity contribution in [1.29, 1.82) is 0 Å². The SMILES string of the molecule is CN1CCN(S(=O)(=O)Cc2ccccc2)CC1c1ccccc1F. The topological polar surface area (TPSA) is 40.6 Å². The average molecular weight is 348 g/mol. The first-order valence-corrected chi connectivity index (χ1v) is 9.55. The molecule has 4 nitrogen and oxygen atoms in total. The number of halogens is 1. The van der Waals surface area contributed by atoms with Crippen LogP contribution in [0.15, 0.2) is 54.6 Å². The van der Waals surface area contributed by atoms with Crippen molar-refractivity contribution in [3.8, 4) is 0 Å². The highest BCUT2D eigenvalue weighted by molar-refractivity contribution is 7.88. The van der Waals surface area contributed by atoms with E-state index in [2.05, 4.69) is 0 Å². The number of benzene rings is 2. The fourth-order valence-electron chi connectivity index (χ4n) is 3.06. The van der Waals surface area contributed by atoms with E-state index in [4.69, 9.17) is 0 Å². The van der Waals surface area contributed by atoms with Gasteiger partial charge in [0, 0.05) is 25.2 Å². The lowest BCUT2D eigenvalue weighted by Gasteiger charge is -2.39. The minimum Gasteiger partial charge on any atom is -0.297 e. The van der Waals surface area contributed by atoms with Crippen molar-refractivity contribution in [2.45, 2.75) is 11.8 Å². The van der Waals surface area contributed by atoms with Crippen LogP contribution in [0.3, 0.4) is 0 Å². The monoisotopic (exact) mass is 348 g/mol. The molecule has 3 rings (SSSR count). The Balaban J connectivity index is 1.81. The summed E-state index contributed by atoms with van der Waals surface area (Å²) in [6, 6.07) is 15.4. The highest BCUT2D eigenvalue weighted by atomic mass is 32.2. The van der Waals surface area contributed by atoms with Crippen molar-refractivity contribution in [2.24, 2.45) is 0 Å². The minimum atomic E-state index is -3.43. The molecule has 0 amide bonds. The molecule has 0 aromatic heterocycles. The Kier molecular flexibility index (Phi) is 4.99. The highest BCUT2D eigenvalue weighted by Gasteiger charge is 2.33. The van der Waals surface area contributed by atoms with Crippen LogP contribution in [0.1, 0.15) is 17.2 Å². The zero-order chi connectivity index (χ0) is 17.2. The van der Waals surface area contributed by atoms with Gasteiger partial charge in [-0.2, -0.15) is 4.31 Å². The van der Waals surface area contributed by atoms with Gasteiger partial charge in [-0.05, 0) is 18.7 Å². The summed E-state index contributed by atoms with van der Waals surface area (Å²) >= 11 is 0. The van der Waals surface area contributed by atoms with Gasteiger partial charge in [0.2, 0.25) is 10.0 Å². The van der Waals surface area contributed by atoms with Gasteiger partial charge in [0.1, 0.15) is 5.82 Å². The number of rotatable bonds is 4. The molecule has 1 heterocycles. The van der Waals surface area contributed by atoms with Gasteiger partial charge in [-0.3, -0.25) is 4.90 Å². The molecule has 6 heteroatoms. The van der Waals surface area contributed by atoms with Crippen LogP contribution in [0.2, 0.25) is 0 Å². The number of hydrogen-bond donors (Lipinski definition) is 0. The minimum absolute atomic E-state index is 0.0262. The molecule has 24 heavy (non-hydrogen) atoms. The van der Waals surface area contributed by atoms with Gasteiger partial charge in [-0.1, -0.05) is 48.5 Å². The van der Waals surface area contributed by atoms with Crippen molar-refractivity contribution in [3.63, 3.8) is 0 Å². The van der Waals surface area contributed by atoms with E-state index in [0.717, 1.165) is 5.56 Å². The molecule has 1 fully saturated rings. The zero-order valence-corrected chi connectivity index (χ0v) is 14.4. The predicted molar refractivity (Wildman–Crippen MR) is 92.4 cm³/mol. The molecule has 0 bridgehead atoms. The van der Waals surface area contributed by atoms with Crippen LogP contribution in [0, 0.1) is 5.82 Å². The van der Waals surface area contributed by atoms with E-state index in [1.54, 1.807) is 18.2 Å². The van der Waals surface area contributed by atoms with Crippen LogP contribution >= 0.6 is 0 Å². The Morgan fingerprint density at radius 1 is 1.04 bits per heavy atom. The lowest BCUT2D eigenvalue weighted by Crippen LogP contribution is -2.49. The van der Waals surface area contributed by atoms with Gasteiger partial charge >= 0.3 is 0 Å². The Morgan fingerprint density at radius 2 is 1.71 bits per heavy atom. The van der Waals surface area contributed by atoms with Crippen LogP contribution < -0.4 is 0 Å². The van der Waals surface area contributed by atoms with Crippen molar-refractivity contribution in [1.82, 2.24) is 9.21 Å². The summed E-state index contributed by atoms with van der Waals surface area (Å²) in [6.07, 6.45) is 0. The molecular weight excluding hydrogens is 327 g/mol. The summed E-state index contributed by atoms with van der Waals surface area (Å²) in [5.74, 6) is -0.321. The Bertz CT molecular complexity index is 796. The predicted octanol–water partition coefficient (Wildman–Crippen LogP) is 2.64. The molecule has 0 radical (unpaired) electrons. The Morgan fingerprint density at radius 3 is 2.42 bits per heavy atom. The Hall–Kier alpha value is -1.76. The fourth-order valence-corrected chi connectivity index (χ4v) is 4.58. The maximum atomic E-state index is 14.1. The van der Waals surface area contributed by atoms with E-state index < -0.39 is 10.0 Å². The first-order chi connectivity index (χ1) is 11.5. The van der Waals surface area contributed by atoms with Gasteiger partial charge in [-0.15, -0.1) is 0 Å². The summed E-state index contributed by atoms with van der Waals surface area (Å²) in [5.41, 5.74) is 1.30. The van der Waals surface area contributed by atoms with Gasteiger partial charge in [0.05, 0.1) is 11.8 Å². The van der Waals surface area contributed by atoms with Gasteiger partial charge in [0.15, 0.2) is 0 Å². The maximum Gasteiger partial charge on any atom is 0.218 e. The second-order valence-electron chi connectivity index (χ2n) is 6.12. The Labute approximate surface area is 142 Å². The number of nitrogens with zero attached hydrogens (tertiary/aromatic N) is 2. The van der Waals surface area contributed by atoms with Crippen LogP contribution in [0.25, 0.3) is 0 Å². The van der Waals surface area contributed by atoms with Crippen molar-refractivity contribution >= 4 is 10.0 Å². The van der Waals surface area contributed by atoms with Crippen LogP contribution in [-0.4, -0.2) is 44.3 Å². The quantitative estimate of drug-likeness (QED) is 0.853. The fraction of sp³-hybridized carbons (Fsp3) is 0.333. The van der Waals surface area contributed by atoms with Crippen LogP contribution in [0.5, 0.6) is 0 Å². The lowest BCUT2D eigenvalue weighted by atomic mass is 10.0. The molecule has 0 N–H and O–H groups in total. The zero-order valence-electron chi connectivity index (χ0n) is 13.6. The van der Waals surface area contributed by atoms with Gasteiger partial charge in [-0.25, -0.2) is 12.8 Å². The molecule has 1 atom stereocenters. The third-order valence-corrected chi connectivity index (χ3v) is 6.28. The molecule has 0 spiro atoms. The average Bonchev–Trinajstić information content (AvgIpc) is 2.56. The lowest BCUT2D eigenvalue weighted by molar-refractivity contribution is 0.145. The summed E-state index contributed by atoms with van der Waals surface area (Å²) in [4.78, 5) is 2.01. The van der Waals surface area contributed by atoms with E-state index in [-0.39, 0.29) is 24.2 Å². The molecule has 1 aliphatic heterocycles. The standard InChI is InChI=1S/C18H21FN2O2S/c1-20-11-12-21(13-18(20)16-9-5-6-10-17(16)19)24(22,23)14-15-7-3-2-4-8-15/h2-10,18H,11-14H2,1H3. The van der Waals surface area contributed by atoms with Crippen molar-refractivity contribution < 1.29 is 12.8 Å². The molecule has 2 aromatic carbocycles. The summed E-state index contributed by atoms with van der Waals surface area (Å²) < 4.78 is 41.1. The molecule has 1 aliphatic rings. The summed E-state index contributed by atoms with van der Waals surface area (Å²) in [6.45, 7) is 1.27. The molecule has 1 saturated heterocycles. The third-order valence-electron chi connectivity index (χ3n) is 4.46. The molecule has 0 saturated carbocycles. The maximum absolute atomic E-state index is 14.1. The normalized spacial score (nSPS) is 20.2. The number of likely N-dealkylation sites (N-methyl/N-ethyl adjacent to an activating group) is 1. The first-order valence-electron chi connectivity index (χ1n) is 7.94. The van der Waals surface area contributed by atoms with E-state index >= 15 is 0 Å². The van der Waals surface area contributed by atoms with Crippen molar-refractivity contribution in [3.05, 3.63) is 71.5 Å². The molecule has 1 unspecified atom stereocenters. The van der Waals surface area contributed by atoms with Gasteiger partial charge in [0.25, 0.3) is 0 Å². The van der Waals surface area contributed by atoms with E-state index in [0.29, 0.717) is 18.7 Å². The van der Waals surface area contributed by atoms with E-state index in [1.165, 1.54) is 10.4 Å². The van der Waals surface area contributed by atoms with Crippen LogP contribution in [0.4, 0.5) is 4.39 Å². The van der Waals surface area contributed by atoms with Crippen molar-refractivity contribution in [2.75, 3.05) is 26.7 Å². The summed E-state index contributed by atoms with van der Waals surface area (Å²) in [5, 5.41) is 0. The van der Waals surface area contributed by atoms with E-state index in [9.17, 15) is 12.8 Å². The molecular formula is C18H21FN2O2S. The highest BCUT2D eigenvalue weighted by Crippen LogP contribution is 2.28. The smallest absolute Gasteiger partial charge is 0.218 e. The molecule has 128 valence electrons. The molecule has 0 aliphatic carbocycles. The first kappa shape index (κ1) is 17.1. The molecule has 2 aromatic rings. The van der Waals surface area contributed by atoms with Gasteiger partial charge < -0.3 is 0 Å². The largest absolute Gasteiger partial charge is 0.297 e.